The minimum atomic E-state index is -0.726. The summed E-state index contributed by atoms with van der Waals surface area (Å²) in [6.07, 6.45) is 9.81. The highest BCUT2D eigenvalue weighted by Crippen LogP contribution is 2.50. The number of hydrogen-bond acceptors (Lipinski definition) is 6. The average Bonchev–Trinajstić information content (AvgIpc) is 3.21. The van der Waals surface area contributed by atoms with Crippen LogP contribution in [0.25, 0.3) is 54.2 Å². The first kappa shape index (κ1) is 40.6. The van der Waals surface area contributed by atoms with Crippen molar-refractivity contribution in [2.45, 2.75) is 106 Å². The zero-order valence-corrected chi connectivity index (χ0v) is 34.2. The van der Waals surface area contributed by atoms with Crippen LogP contribution >= 0.6 is 0 Å². The maximum atomic E-state index is 13.0. The zero-order chi connectivity index (χ0) is 39.6. The first-order valence-electron chi connectivity index (χ1n) is 21.0. The quantitative estimate of drug-likeness (QED) is 0.0524. The van der Waals surface area contributed by atoms with Gasteiger partial charge in [0.25, 0.3) is 0 Å². The van der Waals surface area contributed by atoms with Gasteiger partial charge in [0.05, 0.1) is 13.2 Å². The highest BCUT2D eigenvalue weighted by Gasteiger charge is 2.25. The van der Waals surface area contributed by atoms with E-state index in [1.54, 1.807) is 13.8 Å². The van der Waals surface area contributed by atoms with Crippen LogP contribution in [0.1, 0.15) is 104 Å². The molecule has 6 rings (SSSR count). The Labute approximate surface area is 332 Å². The van der Waals surface area contributed by atoms with Gasteiger partial charge in [-0.25, -0.2) is 9.59 Å². The first-order valence-corrected chi connectivity index (χ1v) is 21.0. The minimum Gasteiger partial charge on any atom is -0.434 e. The molecule has 0 radical (unpaired) electrons. The SMILES string of the molecule is CCCCC(CC)Cc1ccc2c(OC(=O)OCC)c3ccccc3c(-c3c4ccccc4c(OC(=O)OCC)c4ccc(CC(CC)CCCC)cc34)c2c1. The van der Waals surface area contributed by atoms with E-state index in [-0.39, 0.29) is 13.2 Å². The number of fused-ring (bicyclic) bond motifs is 4. The van der Waals surface area contributed by atoms with Crippen molar-refractivity contribution in [3.63, 3.8) is 0 Å². The summed E-state index contributed by atoms with van der Waals surface area (Å²) >= 11 is 0. The lowest BCUT2D eigenvalue weighted by molar-refractivity contribution is 0.104. The Bertz CT molecular complexity index is 2140. The van der Waals surface area contributed by atoms with E-state index in [0.717, 1.165) is 79.9 Å². The molecule has 0 fully saturated rings. The third-order valence-electron chi connectivity index (χ3n) is 11.4. The van der Waals surface area contributed by atoms with Gasteiger partial charge in [0, 0.05) is 21.5 Å². The Morgan fingerprint density at radius 1 is 0.482 bits per heavy atom. The van der Waals surface area contributed by atoms with Crippen molar-refractivity contribution >= 4 is 55.4 Å². The fourth-order valence-electron chi connectivity index (χ4n) is 8.40. The van der Waals surface area contributed by atoms with Crippen LogP contribution in [-0.2, 0) is 22.3 Å². The van der Waals surface area contributed by atoms with E-state index in [1.807, 2.05) is 36.4 Å². The smallest absolute Gasteiger partial charge is 0.434 e. The second-order valence-corrected chi connectivity index (χ2v) is 15.1. The lowest BCUT2D eigenvalue weighted by Crippen LogP contribution is -2.11. The topological polar surface area (TPSA) is 71.1 Å². The molecule has 0 heterocycles. The molecule has 2 atom stereocenters. The predicted octanol–water partition coefficient (Wildman–Crippen LogP) is 14.6. The van der Waals surface area contributed by atoms with E-state index in [4.69, 9.17) is 18.9 Å². The van der Waals surface area contributed by atoms with E-state index in [0.29, 0.717) is 23.3 Å². The average molecular weight is 755 g/mol. The standard InChI is InChI=1S/C50H58O6/c1-7-13-19-33(9-3)29-35-25-27-41-43(31-35)45(37-21-15-17-23-39(37)47(41)55-49(51)53-11-5)46-38-22-16-18-24-40(38)48(56-50(52)54-12-6)42-28-26-36(32-44(42)46)30-34(10-4)20-14-8-2/h15-18,21-28,31-34H,7-14,19-20,29-30H2,1-6H3. The van der Waals surface area contributed by atoms with Gasteiger partial charge in [-0.2, -0.15) is 0 Å². The van der Waals surface area contributed by atoms with E-state index in [9.17, 15) is 9.59 Å². The molecule has 0 amide bonds. The molecule has 0 bridgehead atoms. The molecule has 6 aromatic rings. The van der Waals surface area contributed by atoms with E-state index < -0.39 is 12.3 Å². The number of hydrogen-bond donors (Lipinski definition) is 0. The lowest BCUT2D eigenvalue weighted by Gasteiger charge is -2.23. The number of ether oxygens (including phenoxy) is 4. The molecule has 0 aliphatic carbocycles. The van der Waals surface area contributed by atoms with Crippen LogP contribution in [0, 0.1) is 11.8 Å². The summed E-state index contributed by atoms with van der Waals surface area (Å²) in [7, 11) is 0. The van der Waals surface area contributed by atoms with Gasteiger partial charge < -0.3 is 18.9 Å². The van der Waals surface area contributed by atoms with Crippen LogP contribution < -0.4 is 9.47 Å². The molecule has 0 aliphatic rings. The van der Waals surface area contributed by atoms with Gasteiger partial charge in [-0.05, 0) is 82.3 Å². The van der Waals surface area contributed by atoms with E-state index >= 15 is 0 Å². The van der Waals surface area contributed by atoms with Crippen LogP contribution in [0.15, 0.2) is 84.9 Å². The molecule has 6 aromatic carbocycles. The van der Waals surface area contributed by atoms with Gasteiger partial charge in [-0.3, -0.25) is 0 Å². The number of carbonyl (C=O) groups is 2. The molecule has 6 heteroatoms. The Morgan fingerprint density at radius 3 is 1.21 bits per heavy atom. The van der Waals surface area contributed by atoms with Crippen LogP contribution in [0.5, 0.6) is 11.5 Å². The fourth-order valence-corrected chi connectivity index (χ4v) is 8.40. The molecule has 0 saturated heterocycles. The van der Waals surface area contributed by atoms with Crippen molar-refractivity contribution in [2.75, 3.05) is 13.2 Å². The summed E-state index contributed by atoms with van der Waals surface area (Å²) in [5.41, 5.74) is 4.60. The van der Waals surface area contributed by atoms with Crippen LogP contribution in [0.3, 0.4) is 0 Å². The van der Waals surface area contributed by atoms with Crippen molar-refractivity contribution in [3.05, 3.63) is 96.1 Å². The predicted molar refractivity (Wildman–Crippen MR) is 231 cm³/mol. The summed E-state index contributed by atoms with van der Waals surface area (Å²) in [4.78, 5) is 26.1. The van der Waals surface area contributed by atoms with Crippen LogP contribution in [0.4, 0.5) is 9.59 Å². The first-order chi connectivity index (χ1) is 27.3. The van der Waals surface area contributed by atoms with Crippen molar-refractivity contribution in [2.24, 2.45) is 11.8 Å². The van der Waals surface area contributed by atoms with Crippen molar-refractivity contribution in [1.29, 1.82) is 0 Å². The Morgan fingerprint density at radius 2 is 0.857 bits per heavy atom. The van der Waals surface area contributed by atoms with Gasteiger partial charge in [0.2, 0.25) is 0 Å². The highest BCUT2D eigenvalue weighted by atomic mass is 16.7. The summed E-state index contributed by atoms with van der Waals surface area (Å²) in [5, 5.41) is 7.21. The highest BCUT2D eigenvalue weighted by molar-refractivity contribution is 6.27. The number of rotatable bonds is 17. The Kier molecular flexibility index (Phi) is 13.9. The maximum absolute atomic E-state index is 13.0. The van der Waals surface area contributed by atoms with E-state index in [1.165, 1.54) is 49.7 Å². The molecule has 6 nitrogen and oxygen atoms in total. The summed E-state index contributed by atoms with van der Waals surface area (Å²) in [6, 6.07) is 29.6. The van der Waals surface area contributed by atoms with Gasteiger partial charge >= 0.3 is 12.3 Å². The summed E-state index contributed by atoms with van der Waals surface area (Å²) < 4.78 is 22.9. The van der Waals surface area contributed by atoms with Crippen LogP contribution in [-0.4, -0.2) is 25.5 Å². The molecule has 2 unspecified atom stereocenters. The van der Waals surface area contributed by atoms with Crippen molar-refractivity contribution in [3.8, 4) is 22.6 Å². The molecule has 0 saturated carbocycles. The molecule has 0 N–H and O–H groups in total. The second-order valence-electron chi connectivity index (χ2n) is 15.1. The lowest BCUT2D eigenvalue weighted by atomic mass is 9.83. The van der Waals surface area contributed by atoms with Gasteiger partial charge in [-0.15, -0.1) is 0 Å². The molecule has 0 aliphatic heterocycles. The molecule has 0 aromatic heterocycles. The summed E-state index contributed by atoms with van der Waals surface area (Å²) in [6.45, 7) is 13.1. The largest absolute Gasteiger partial charge is 0.513 e. The number of unbranched alkanes of at least 4 members (excludes halogenated alkanes) is 2. The third kappa shape index (κ3) is 8.80. The normalized spacial score (nSPS) is 12.6. The minimum absolute atomic E-state index is 0.213. The van der Waals surface area contributed by atoms with Crippen LogP contribution in [0.2, 0.25) is 0 Å². The number of carbonyl (C=O) groups excluding carboxylic acids is 2. The molecule has 294 valence electrons. The van der Waals surface area contributed by atoms with E-state index in [2.05, 4.69) is 76.2 Å². The second kappa shape index (κ2) is 19.2. The number of benzene rings is 6. The van der Waals surface area contributed by atoms with Crippen molar-refractivity contribution in [1.82, 2.24) is 0 Å². The van der Waals surface area contributed by atoms with Gasteiger partial charge in [0.1, 0.15) is 11.5 Å². The Hall–Kier alpha value is -5.10. The fraction of sp³-hybridized carbons (Fsp3) is 0.400. The molecule has 0 spiro atoms. The molecular formula is C50H58O6. The third-order valence-corrected chi connectivity index (χ3v) is 11.4. The molecular weight excluding hydrogens is 697 g/mol. The van der Waals surface area contributed by atoms with Gasteiger partial charge in [0.15, 0.2) is 0 Å². The Balaban J connectivity index is 1.74. The van der Waals surface area contributed by atoms with Gasteiger partial charge in [-0.1, -0.05) is 164 Å². The van der Waals surface area contributed by atoms with Crippen molar-refractivity contribution < 1.29 is 28.5 Å². The summed E-state index contributed by atoms with van der Waals surface area (Å²) in [5.74, 6) is 2.10. The maximum Gasteiger partial charge on any atom is 0.513 e. The zero-order valence-electron chi connectivity index (χ0n) is 34.2. The molecule has 56 heavy (non-hydrogen) atoms. The monoisotopic (exact) mass is 754 g/mol.